The van der Waals surface area contributed by atoms with Gasteiger partial charge in [-0.15, -0.1) is 0 Å². The second kappa shape index (κ2) is 5.59. The molecule has 2 aromatic rings. The van der Waals surface area contributed by atoms with Crippen molar-refractivity contribution in [1.82, 2.24) is 24.7 Å². The van der Waals surface area contributed by atoms with Crippen molar-refractivity contribution in [2.24, 2.45) is 7.05 Å². The van der Waals surface area contributed by atoms with E-state index in [4.69, 9.17) is 16.3 Å². The summed E-state index contributed by atoms with van der Waals surface area (Å²) < 4.78 is 7.00. The van der Waals surface area contributed by atoms with Crippen molar-refractivity contribution in [3.05, 3.63) is 17.7 Å². The van der Waals surface area contributed by atoms with Gasteiger partial charge in [-0.25, -0.2) is 0 Å². The van der Waals surface area contributed by atoms with E-state index in [1.165, 1.54) is 0 Å². The second-order valence-corrected chi connectivity index (χ2v) is 4.69. The van der Waals surface area contributed by atoms with Crippen LogP contribution in [0.25, 0.3) is 0 Å². The van der Waals surface area contributed by atoms with Gasteiger partial charge in [0.15, 0.2) is 0 Å². The lowest BCUT2D eigenvalue weighted by atomic mass is 10.4. The molecule has 20 heavy (non-hydrogen) atoms. The van der Waals surface area contributed by atoms with Gasteiger partial charge in [0.25, 0.3) is 0 Å². The summed E-state index contributed by atoms with van der Waals surface area (Å²) in [5.74, 6) is 0.958. The number of hydrogen-bond donors (Lipinski definition) is 1. The maximum atomic E-state index is 5.96. The Labute approximate surface area is 120 Å². The van der Waals surface area contributed by atoms with Crippen molar-refractivity contribution >= 4 is 29.2 Å². The average Bonchev–Trinajstić information content (AvgIpc) is 2.84. The number of nitrogens with zero attached hydrogens (tertiary/aromatic N) is 6. The number of hydrogen-bond acceptors (Lipinski definition) is 7. The minimum atomic E-state index is 0.160. The topological polar surface area (TPSA) is 81.0 Å². The Morgan fingerprint density at radius 3 is 2.75 bits per heavy atom. The van der Waals surface area contributed by atoms with Crippen molar-refractivity contribution in [3.8, 4) is 0 Å². The lowest BCUT2D eigenvalue weighted by Crippen LogP contribution is -2.37. The predicted molar refractivity (Wildman–Crippen MR) is 74.4 cm³/mol. The molecule has 0 spiro atoms. The fourth-order valence-electron chi connectivity index (χ4n) is 1.92. The zero-order valence-electron chi connectivity index (χ0n) is 11.0. The van der Waals surface area contributed by atoms with Crippen LogP contribution in [-0.2, 0) is 11.8 Å². The van der Waals surface area contributed by atoms with Crippen LogP contribution in [0.15, 0.2) is 12.4 Å². The summed E-state index contributed by atoms with van der Waals surface area (Å²) in [6.45, 7) is 2.81. The molecule has 1 aliphatic heterocycles. The van der Waals surface area contributed by atoms with E-state index in [0.717, 1.165) is 18.8 Å². The zero-order valence-corrected chi connectivity index (χ0v) is 11.7. The van der Waals surface area contributed by atoms with Gasteiger partial charge in [-0.3, -0.25) is 4.68 Å². The Balaban J connectivity index is 1.82. The molecule has 106 valence electrons. The summed E-state index contributed by atoms with van der Waals surface area (Å²) in [7, 11) is 1.84. The molecule has 8 nitrogen and oxygen atoms in total. The average molecular weight is 296 g/mol. The van der Waals surface area contributed by atoms with E-state index in [1.807, 2.05) is 18.1 Å². The summed E-state index contributed by atoms with van der Waals surface area (Å²) in [6, 6.07) is 0. The molecule has 1 aliphatic rings. The van der Waals surface area contributed by atoms with Crippen molar-refractivity contribution < 1.29 is 4.74 Å². The Bertz CT molecular complexity index is 596. The molecule has 2 aromatic heterocycles. The van der Waals surface area contributed by atoms with Gasteiger partial charge in [-0.2, -0.15) is 20.1 Å². The van der Waals surface area contributed by atoms with Crippen LogP contribution in [0.3, 0.4) is 0 Å². The third kappa shape index (κ3) is 2.97. The summed E-state index contributed by atoms with van der Waals surface area (Å²) in [5, 5.41) is 7.29. The number of nitrogens with one attached hydrogen (secondary N) is 1. The lowest BCUT2D eigenvalue weighted by Gasteiger charge is -2.26. The highest BCUT2D eigenvalue weighted by Gasteiger charge is 2.16. The Morgan fingerprint density at radius 2 is 2.05 bits per heavy atom. The molecule has 0 aliphatic carbocycles. The van der Waals surface area contributed by atoms with Crippen LogP contribution >= 0.6 is 11.6 Å². The van der Waals surface area contributed by atoms with E-state index in [2.05, 4.69) is 25.4 Å². The zero-order chi connectivity index (χ0) is 13.9. The Kier molecular flexibility index (Phi) is 3.66. The number of halogens is 1. The molecule has 1 saturated heterocycles. The Morgan fingerprint density at radius 1 is 1.25 bits per heavy atom. The molecule has 0 unspecified atom stereocenters. The first kappa shape index (κ1) is 13.1. The van der Waals surface area contributed by atoms with Crippen LogP contribution < -0.4 is 10.2 Å². The van der Waals surface area contributed by atoms with Crippen LogP contribution in [0.4, 0.5) is 17.6 Å². The number of ether oxygens (including phenoxy) is 1. The van der Waals surface area contributed by atoms with E-state index in [0.29, 0.717) is 25.1 Å². The molecular weight excluding hydrogens is 282 g/mol. The molecule has 3 heterocycles. The molecule has 3 rings (SSSR count). The van der Waals surface area contributed by atoms with Crippen molar-refractivity contribution in [1.29, 1.82) is 0 Å². The molecule has 0 atom stereocenters. The van der Waals surface area contributed by atoms with Crippen molar-refractivity contribution in [3.63, 3.8) is 0 Å². The van der Waals surface area contributed by atoms with Crippen LogP contribution in [-0.4, -0.2) is 51.0 Å². The first-order valence-corrected chi connectivity index (χ1v) is 6.58. The third-order valence-electron chi connectivity index (χ3n) is 2.85. The SMILES string of the molecule is Cn1cc(Nc2nc(Cl)nc(N3CCOCC3)n2)cn1. The fourth-order valence-corrected chi connectivity index (χ4v) is 2.07. The molecule has 9 heteroatoms. The highest BCUT2D eigenvalue weighted by atomic mass is 35.5. The fraction of sp³-hybridized carbons (Fsp3) is 0.455. The first-order chi connectivity index (χ1) is 9.70. The van der Waals surface area contributed by atoms with Gasteiger partial charge >= 0.3 is 0 Å². The second-order valence-electron chi connectivity index (χ2n) is 4.36. The summed E-state index contributed by atoms with van der Waals surface area (Å²) in [6.07, 6.45) is 3.51. The minimum absolute atomic E-state index is 0.160. The molecule has 0 radical (unpaired) electrons. The standard InChI is InChI=1S/C11H14ClN7O/c1-18-7-8(6-13-18)14-10-15-9(12)16-11(17-10)19-2-4-20-5-3-19/h6-7H,2-5H2,1H3,(H,14,15,16,17). The maximum absolute atomic E-state index is 5.96. The normalized spacial score (nSPS) is 15.4. The van der Waals surface area contributed by atoms with Gasteiger partial charge in [0.05, 0.1) is 25.1 Å². The summed E-state index contributed by atoms with van der Waals surface area (Å²) in [5.41, 5.74) is 0.794. The molecule has 0 saturated carbocycles. The summed E-state index contributed by atoms with van der Waals surface area (Å²) in [4.78, 5) is 14.6. The van der Waals surface area contributed by atoms with Crippen molar-refractivity contribution in [2.45, 2.75) is 0 Å². The molecular formula is C11H14ClN7O. The largest absolute Gasteiger partial charge is 0.378 e. The van der Waals surface area contributed by atoms with E-state index in [-0.39, 0.29) is 5.28 Å². The maximum Gasteiger partial charge on any atom is 0.233 e. The number of morpholine rings is 1. The van der Waals surface area contributed by atoms with Crippen LogP contribution in [0.5, 0.6) is 0 Å². The Hall–Kier alpha value is -1.93. The van der Waals surface area contributed by atoms with E-state index in [9.17, 15) is 0 Å². The van der Waals surface area contributed by atoms with Gasteiger partial charge in [-0.05, 0) is 11.6 Å². The molecule has 0 bridgehead atoms. The quantitative estimate of drug-likeness (QED) is 0.898. The smallest absolute Gasteiger partial charge is 0.233 e. The highest BCUT2D eigenvalue weighted by Crippen LogP contribution is 2.17. The van der Waals surface area contributed by atoms with Crippen LogP contribution in [0.1, 0.15) is 0 Å². The van der Waals surface area contributed by atoms with Gasteiger partial charge < -0.3 is 15.0 Å². The molecule has 1 N–H and O–H groups in total. The third-order valence-corrected chi connectivity index (χ3v) is 3.02. The van der Waals surface area contributed by atoms with Crippen LogP contribution in [0, 0.1) is 0 Å². The first-order valence-electron chi connectivity index (χ1n) is 6.20. The summed E-state index contributed by atoms with van der Waals surface area (Å²) >= 11 is 5.96. The highest BCUT2D eigenvalue weighted by molar-refractivity contribution is 6.28. The lowest BCUT2D eigenvalue weighted by molar-refractivity contribution is 0.122. The number of rotatable bonds is 3. The monoisotopic (exact) mass is 295 g/mol. The van der Waals surface area contributed by atoms with E-state index in [1.54, 1.807) is 10.9 Å². The molecule has 1 fully saturated rings. The molecule has 0 aromatic carbocycles. The number of aryl methyl sites for hydroxylation is 1. The molecule has 0 amide bonds. The van der Waals surface area contributed by atoms with E-state index < -0.39 is 0 Å². The van der Waals surface area contributed by atoms with Gasteiger partial charge in [-0.1, -0.05) is 0 Å². The van der Waals surface area contributed by atoms with Gasteiger partial charge in [0.1, 0.15) is 0 Å². The number of aromatic nitrogens is 5. The van der Waals surface area contributed by atoms with Crippen molar-refractivity contribution in [2.75, 3.05) is 36.5 Å². The van der Waals surface area contributed by atoms with Gasteiger partial charge in [0, 0.05) is 26.3 Å². The van der Waals surface area contributed by atoms with Crippen LogP contribution in [0.2, 0.25) is 5.28 Å². The number of anilines is 3. The van der Waals surface area contributed by atoms with E-state index >= 15 is 0 Å². The van der Waals surface area contributed by atoms with Gasteiger partial charge in [0.2, 0.25) is 17.2 Å². The minimum Gasteiger partial charge on any atom is -0.378 e. The predicted octanol–water partition coefficient (Wildman–Crippen LogP) is 0.839.